The molecule has 10 heavy (non-hydrogen) atoms. The van der Waals surface area contributed by atoms with Crippen molar-refractivity contribution in [3.63, 3.8) is 0 Å². The van der Waals surface area contributed by atoms with Crippen molar-refractivity contribution < 1.29 is 0 Å². The molecule has 0 aromatic rings. The van der Waals surface area contributed by atoms with Crippen LogP contribution < -0.4 is 0 Å². The van der Waals surface area contributed by atoms with Crippen molar-refractivity contribution in [3.8, 4) is 0 Å². The van der Waals surface area contributed by atoms with Gasteiger partial charge < -0.3 is 0 Å². The van der Waals surface area contributed by atoms with Crippen LogP contribution in [0.15, 0.2) is 0 Å². The van der Waals surface area contributed by atoms with Crippen LogP contribution in [0.25, 0.3) is 0 Å². The molecular formula is C8H14ClN. The average molecular weight is 160 g/mol. The zero-order chi connectivity index (χ0) is 6.97. The molecule has 2 heterocycles. The topological polar surface area (TPSA) is 3.24 Å². The van der Waals surface area contributed by atoms with Gasteiger partial charge in [-0.2, -0.15) is 0 Å². The molecule has 2 aliphatic heterocycles. The summed E-state index contributed by atoms with van der Waals surface area (Å²) >= 11 is 5.70. The summed E-state index contributed by atoms with van der Waals surface area (Å²) in [5, 5.41) is 0. The number of halogens is 1. The van der Waals surface area contributed by atoms with Crippen LogP contribution in [-0.4, -0.2) is 29.4 Å². The minimum absolute atomic E-state index is 0.812. The summed E-state index contributed by atoms with van der Waals surface area (Å²) in [5.74, 6) is 0.812. The summed E-state index contributed by atoms with van der Waals surface area (Å²) in [4.78, 5) is 2.60. The lowest BCUT2D eigenvalue weighted by atomic mass is 10.0. The summed E-state index contributed by atoms with van der Waals surface area (Å²) in [5.41, 5.74) is 0. The summed E-state index contributed by atoms with van der Waals surface area (Å²) < 4.78 is 0. The predicted octanol–water partition coefficient (Wildman–Crippen LogP) is 1.85. The Hall–Kier alpha value is 0.250. The van der Waals surface area contributed by atoms with Gasteiger partial charge in [-0.3, -0.25) is 4.90 Å². The second kappa shape index (κ2) is 2.71. The Bertz CT molecular complexity index is 106. The molecule has 2 rings (SSSR count). The lowest BCUT2D eigenvalue weighted by Crippen LogP contribution is -2.30. The van der Waals surface area contributed by atoms with Crippen molar-refractivity contribution in [1.82, 2.24) is 4.90 Å². The predicted molar refractivity (Wildman–Crippen MR) is 43.5 cm³/mol. The lowest BCUT2D eigenvalue weighted by Gasteiger charge is -2.19. The minimum Gasteiger partial charge on any atom is -0.296 e. The van der Waals surface area contributed by atoms with Gasteiger partial charge in [0.05, 0.1) is 0 Å². The Kier molecular flexibility index (Phi) is 1.88. The van der Waals surface area contributed by atoms with E-state index in [2.05, 4.69) is 4.90 Å². The normalized spacial score (nSPS) is 39.3. The highest BCUT2D eigenvalue weighted by molar-refractivity contribution is 6.18. The number of hydrogen-bond acceptors (Lipinski definition) is 1. The third-order valence-corrected chi connectivity index (χ3v) is 3.12. The number of hydrogen-bond donors (Lipinski definition) is 0. The maximum atomic E-state index is 5.70. The van der Waals surface area contributed by atoms with Crippen LogP contribution in [0.4, 0.5) is 0 Å². The van der Waals surface area contributed by atoms with Crippen LogP contribution in [0.5, 0.6) is 0 Å². The van der Waals surface area contributed by atoms with Crippen LogP contribution in [-0.2, 0) is 0 Å². The van der Waals surface area contributed by atoms with Crippen LogP contribution in [0.1, 0.15) is 25.7 Å². The summed E-state index contributed by atoms with van der Waals surface area (Å²) in [7, 11) is 0. The van der Waals surface area contributed by atoms with Gasteiger partial charge in [-0.25, -0.2) is 0 Å². The highest BCUT2D eigenvalue weighted by Crippen LogP contribution is 2.36. The SMILES string of the molecule is ClCCN1C2CCC1CC2. The molecule has 0 radical (unpaired) electrons. The highest BCUT2D eigenvalue weighted by Gasteiger charge is 2.38. The van der Waals surface area contributed by atoms with Crippen molar-refractivity contribution in [1.29, 1.82) is 0 Å². The molecule has 0 aliphatic carbocycles. The van der Waals surface area contributed by atoms with Crippen molar-refractivity contribution in [2.75, 3.05) is 12.4 Å². The molecule has 2 saturated heterocycles. The lowest BCUT2D eigenvalue weighted by molar-refractivity contribution is 0.269. The Morgan fingerprint density at radius 3 is 2.00 bits per heavy atom. The minimum atomic E-state index is 0.812. The maximum absolute atomic E-state index is 5.70. The first-order valence-electron chi connectivity index (χ1n) is 4.23. The number of fused-ring (bicyclic) bond motifs is 2. The summed E-state index contributed by atoms with van der Waals surface area (Å²) in [6, 6.07) is 1.81. The number of nitrogens with zero attached hydrogens (tertiary/aromatic N) is 1. The fourth-order valence-corrected chi connectivity index (χ4v) is 2.68. The second-order valence-corrected chi connectivity index (χ2v) is 3.77. The van der Waals surface area contributed by atoms with E-state index in [4.69, 9.17) is 11.6 Å². The zero-order valence-corrected chi connectivity index (χ0v) is 6.98. The van der Waals surface area contributed by atoms with Crippen LogP contribution >= 0.6 is 11.6 Å². The molecule has 0 saturated carbocycles. The Morgan fingerprint density at radius 2 is 1.60 bits per heavy atom. The summed E-state index contributed by atoms with van der Waals surface area (Å²) in [6.07, 6.45) is 5.73. The standard InChI is InChI=1S/C8H14ClN/c9-5-6-10-7-1-2-8(10)4-3-7/h7-8H,1-6H2. The smallest absolute Gasteiger partial charge is 0.0351 e. The molecule has 0 spiro atoms. The van der Waals surface area contributed by atoms with Crippen LogP contribution in [0, 0.1) is 0 Å². The Morgan fingerprint density at radius 1 is 1.10 bits per heavy atom. The molecule has 2 bridgehead atoms. The fourth-order valence-electron chi connectivity index (χ4n) is 2.48. The quantitative estimate of drug-likeness (QED) is 0.556. The Balaban J connectivity index is 1.96. The van der Waals surface area contributed by atoms with Gasteiger partial charge in [0.15, 0.2) is 0 Å². The van der Waals surface area contributed by atoms with E-state index < -0.39 is 0 Å². The molecule has 0 unspecified atom stereocenters. The van der Waals surface area contributed by atoms with Gasteiger partial charge >= 0.3 is 0 Å². The van der Waals surface area contributed by atoms with Gasteiger partial charge in [0.25, 0.3) is 0 Å². The van der Waals surface area contributed by atoms with E-state index in [1.165, 1.54) is 25.7 Å². The van der Waals surface area contributed by atoms with Gasteiger partial charge in [0, 0.05) is 24.5 Å². The third-order valence-electron chi connectivity index (χ3n) is 2.95. The van der Waals surface area contributed by atoms with Gasteiger partial charge in [0.1, 0.15) is 0 Å². The maximum Gasteiger partial charge on any atom is 0.0351 e. The molecule has 0 amide bonds. The van der Waals surface area contributed by atoms with E-state index in [1.54, 1.807) is 0 Å². The van der Waals surface area contributed by atoms with Crippen LogP contribution in [0.2, 0.25) is 0 Å². The van der Waals surface area contributed by atoms with Gasteiger partial charge in [0.2, 0.25) is 0 Å². The second-order valence-electron chi connectivity index (χ2n) is 3.39. The highest BCUT2D eigenvalue weighted by atomic mass is 35.5. The molecule has 0 aromatic carbocycles. The molecule has 0 N–H and O–H groups in total. The van der Waals surface area contributed by atoms with Crippen molar-refractivity contribution >= 4 is 11.6 Å². The van der Waals surface area contributed by atoms with E-state index >= 15 is 0 Å². The van der Waals surface area contributed by atoms with Crippen molar-refractivity contribution in [3.05, 3.63) is 0 Å². The summed E-state index contributed by atoms with van der Waals surface area (Å²) in [6.45, 7) is 1.12. The van der Waals surface area contributed by atoms with E-state index in [1.807, 2.05) is 0 Å². The third kappa shape index (κ3) is 0.960. The average Bonchev–Trinajstić information content (AvgIpc) is 2.50. The molecule has 0 aromatic heterocycles. The first kappa shape index (κ1) is 6.93. The van der Waals surface area contributed by atoms with Gasteiger partial charge in [-0.1, -0.05) is 0 Å². The van der Waals surface area contributed by atoms with Gasteiger partial charge in [-0.15, -0.1) is 11.6 Å². The number of rotatable bonds is 2. The molecular weight excluding hydrogens is 146 g/mol. The monoisotopic (exact) mass is 159 g/mol. The van der Waals surface area contributed by atoms with E-state index in [9.17, 15) is 0 Å². The molecule has 2 heteroatoms. The van der Waals surface area contributed by atoms with E-state index in [-0.39, 0.29) is 0 Å². The van der Waals surface area contributed by atoms with Crippen LogP contribution in [0.3, 0.4) is 0 Å². The van der Waals surface area contributed by atoms with E-state index in [0.29, 0.717) is 0 Å². The van der Waals surface area contributed by atoms with Gasteiger partial charge in [-0.05, 0) is 25.7 Å². The van der Waals surface area contributed by atoms with Crippen molar-refractivity contribution in [2.24, 2.45) is 0 Å². The molecule has 58 valence electrons. The first-order valence-corrected chi connectivity index (χ1v) is 4.77. The molecule has 1 nitrogen and oxygen atoms in total. The largest absolute Gasteiger partial charge is 0.296 e. The molecule has 2 aliphatic rings. The van der Waals surface area contributed by atoms with E-state index in [0.717, 1.165) is 24.5 Å². The first-order chi connectivity index (χ1) is 4.92. The van der Waals surface area contributed by atoms with Crippen molar-refractivity contribution in [2.45, 2.75) is 37.8 Å². The number of alkyl halides is 1. The molecule has 0 atom stereocenters. The fraction of sp³-hybridized carbons (Fsp3) is 1.00. The Labute approximate surface area is 67.3 Å². The zero-order valence-electron chi connectivity index (χ0n) is 6.22. The molecule has 2 fully saturated rings.